The third-order valence-electron chi connectivity index (χ3n) is 2.76. The fraction of sp³-hybridized carbons (Fsp3) is 0.143. The standard InChI is InChI=1S/C14H15ClN2O2S/c15-13-10-12(16)6-7-14(13)17-20(18,19)9-8-11-4-2-1-3-5-11/h1-7,10,17H,8-9,16H2. The van der Waals surface area contributed by atoms with E-state index in [1.807, 2.05) is 30.3 Å². The molecule has 0 atom stereocenters. The summed E-state index contributed by atoms with van der Waals surface area (Å²) in [6.07, 6.45) is 0.447. The normalized spacial score (nSPS) is 11.2. The lowest BCUT2D eigenvalue weighted by Gasteiger charge is -2.10. The van der Waals surface area contributed by atoms with Gasteiger partial charge >= 0.3 is 0 Å². The second-order valence-electron chi connectivity index (χ2n) is 4.40. The predicted molar refractivity (Wildman–Crippen MR) is 83.4 cm³/mol. The monoisotopic (exact) mass is 310 g/mol. The smallest absolute Gasteiger partial charge is 0.233 e. The molecule has 2 aromatic carbocycles. The minimum absolute atomic E-state index is 0.00226. The molecular formula is C14H15ClN2O2S. The Hall–Kier alpha value is -1.72. The molecule has 20 heavy (non-hydrogen) atoms. The maximum absolute atomic E-state index is 12.0. The van der Waals surface area contributed by atoms with E-state index in [1.54, 1.807) is 12.1 Å². The second kappa shape index (κ2) is 6.15. The molecule has 0 aromatic heterocycles. The maximum atomic E-state index is 12.0. The number of benzene rings is 2. The lowest BCUT2D eigenvalue weighted by Crippen LogP contribution is -2.18. The van der Waals surface area contributed by atoms with Gasteiger partial charge in [-0.1, -0.05) is 41.9 Å². The fourth-order valence-electron chi connectivity index (χ4n) is 1.73. The highest BCUT2D eigenvalue weighted by Gasteiger charge is 2.12. The number of anilines is 2. The van der Waals surface area contributed by atoms with Crippen LogP contribution in [-0.2, 0) is 16.4 Å². The molecule has 106 valence electrons. The summed E-state index contributed by atoms with van der Waals surface area (Å²) in [7, 11) is -3.44. The summed E-state index contributed by atoms with van der Waals surface area (Å²) in [4.78, 5) is 0. The fourth-order valence-corrected chi connectivity index (χ4v) is 3.14. The maximum Gasteiger partial charge on any atom is 0.233 e. The third kappa shape index (κ3) is 4.15. The highest BCUT2D eigenvalue weighted by atomic mass is 35.5. The highest BCUT2D eigenvalue weighted by molar-refractivity contribution is 7.92. The first-order chi connectivity index (χ1) is 9.46. The summed E-state index contributed by atoms with van der Waals surface area (Å²) in [6.45, 7) is 0. The summed E-state index contributed by atoms with van der Waals surface area (Å²) in [5, 5.41) is 0.285. The van der Waals surface area contributed by atoms with Gasteiger partial charge in [0.1, 0.15) is 0 Å². The van der Waals surface area contributed by atoms with Crippen molar-refractivity contribution in [1.29, 1.82) is 0 Å². The number of nitrogens with one attached hydrogen (secondary N) is 1. The van der Waals surface area contributed by atoms with Gasteiger partial charge in [-0.15, -0.1) is 0 Å². The zero-order valence-electron chi connectivity index (χ0n) is 10.7. The molecule has 0 aliphatic carbocycles. The molecule has 2 rings (SSSR count). The number of hydrogen-bond acceptors (Lipinski definition) is 3. The number of aryl methyl sites for hydroxylation is 1. The van der Waals surface area contributed by atoms with Gasteiger partial charge in [0.05, 0.1) is 16.5 Å². The third-order valence-corrected chi connectivity index (χ3v) is 4.35. The average molecular weight is 311 g/mol. The molecule has 0 saturated carbocycles. The Bertz CT molecular complexity index is 688. The summed E-state index contributed by atoms with van der Waals surface area (Å²) in [5.74, 6) is -0.00226. The van der Waals surface area contributed by atoms with E-state index in [1.165, 1.54) is 6.07 Å². The molecule has 0 heterocycles. The molecule has 0 amide bonds. The van der Waals surface area contributed by atoms with E-state index >= 15 is 0 Å². The topological polar surface area (TPSA) is 72.2 Å². The lowest BCUT2D eigenvalue weighted by atomic mass is 10.2. The van der Waals surface area contributed by atoms with Crippen LogP contribution in [0.5, 0.6) is 0 Å². The molecule has 0 saturated heterocycles. The van der Waals surface area contributed by atoms with Gasteiger partial charge < -0.3 is 5.73 Å². The van der Waals surface area contributed by atoms with Crippen LogP contribution in [0.1, 0.15) is 5.56 Å². The molecule has 0 bridgehead atoms. The summed E-state index contributed by atoms with van der Waals surface area (Å²) in [6, 6.07) is 14.1. The molecule has 0 unspecified atom stereocenters. The summed E-state index contributed by atoms with van der Waals surface area (Å²) >= 11 is 5.95. The SMILES string of the molecule is Nc1ccc(NS(=O)(=O)CCc2ccccc2)c(Cl)c1. The first-order valence-corrected chi connectivity index (χ1v) is 8.09. The van der Waals surface area contributed by atoms with Crippen LogP contribution < -0.4 is 10.5 Å². The van der Waals surface area contributed by atoms with Crippen LogP contribution in [-0.4, -0.2) is 14.2 Å². The van der Waals surface area contributed by atoms with Gasteiger partial charge in [0.2, 0.25) is 10.0 Å². The van der Waals surface area contributed by atoms with E-state index in [9.17, 15) is 8.42 Å². The van der Waals surface area contributed by atoms with Gasteiger partial charge in [-0.05, 0) is 30.2 Å². The Morgan fingerprint density at radius 1 is 1.10 bits per heavy atom. The number of rotatable bonds is 5. The molecule has 2 aromatic rings. The van der Waals surface area contributed by atoms with Gasteiger partial charge in [0.25, 0.3) is 0 Å². The van der Waals surface area contributed by atoms with Crippen molar-refractivity contribution >= 4 is 33.0 Å². The Balaban J connectivity index is 2.04. The van der Waals surface area contributed by atoms with Gasteiger partial charge in [-0.3, -0.25) is 4.72 Å². The second-order valence-corrected chi connectivity index (χ2v) is 6.64. The van der Waals surface area contributed by atoms with Gasteiger partial charge in [-0.2, -0.15) is 0 Å². The van der Waals surface area contributed by atoms with Gasteiger partial charge in [0.15, 0.2) is 0 Å². The van der Waals surface area contributed by atoms with Crippen molar-refractivity contribution in [2.75, 3.05) is 16.2 Å². The van der Waals surface area contributed by atoms with Gasteiger partial charge in [-0.25, -0.2) is 8.42 Å². The van der Waals surface area contributed by atoms with Crippen molar-refractivity contribution < 1.29 is 8.42 Å². The van der Waals surface area contributed by atoms with E-state index < -0.39 is 10.0 Å². The molecule has 6 heteroatoms. The quantitative estimate of drug-likeness (QED) is 0.834. The Morgan fingerprint density at radius 2 is 1.80 bits per heavy atom. The molecule has 0 fully saturated rings. The van der Waals surface area contributed by atoms with Crippen LogP contribution in [0, 0.1) is 0 Å². The minimum atomic E-state index is -3.44. The van der Waals surface area contributed by atoms with Crippen molar-refractivity contribution in [3.05, 3.63) is 59.1 Å². The molecule has 0 spiro atoms. The van der Waals surface area contributed by atoms with E-state index in [4.69, 9.17) is 17.3 Å². The Morgan fingerprint density at radius 3 is 2.45 bits per heavy atom. The first-order valence-electron chi connectivity index (χ1n) is 6.06. The molecule has 0 aliphatic heterocycles. The molecule has 0 aliphatic rings. The first kappa shape index (κ1) is 14.7. The number of sulfonamides is 1. The highest BCUT2D eigenvalue weighted by Crippen LogP contribution is 2.25. The van der Waals surface area contributed by atoms with Crippen LogP contribution in [0.3, 0.4) is 0 Å². The van der Waals surface area contributed by atoms with Crippen molar-refractivity contribution in [2.45, 2.75) is 6.42 Å². The zero-order valence-corrected chi connectivity index (χ0v) is 12.3. The molecule has 3 N–H and O–H groups in total. The van der Waals surface area contributed by atoms with Crippen LogP contribution in [0.4, 0.5) is 11.4 Å². The number of nitrogen functional groups attached to an aromatic ring is 1. The van der Waals surface area contributed by atoms with E-state index in [0.29, 0.717) is 17.8 Å². The zero-order chi connectivity index (χ0) is 14.6. The molecule has 0 radical (unpaired) electrons. The number of nitrogens with two attached hydrogens (primary N) is 1. The Labute approximate surface area is 123 Å². The van der Waals surface area contributed by atoms with Gasteiger partial charge in [0, 0.05) is 5.69 Å². The lowest BCUT2D eigenvalue weighted by molar-refractivity contribution is 0.600. The van der Waals surface area contributed by atoms with Crippen LogP contribution in [0.2, 0.25) is 5.02 Å². The van der Waals surface area contributed by atoms with Crippen molar-refractivity contribution in [1.82, 2.24) is 0 Å². The van der Waals surface area contributed by atoms with E-state index in [2.05, 4.69) is 4.72 Å². The number of halogens is 1. The summed E-state index contributed by atoms with van der Waals surface area (Å²) < 4.78 is 26.5. The van der Waals surface area contributed by atoms with E-state index in [-0.39, 0.29) is 10.8 Å². The van der Waals surface area contributed by atoms with Crippen molar-refractivity contribution in [3.8, 4) is 0 Å². The molecule has 4 nitrogen and oxygen atoms in total. The largest absolute Gasteiger partial charge is 0.399 e. The minimum Gasteiger partial charge on any atom is -0.399 e. The average Bonchev–Trinajstić information content (AvgIpc) is 2.41. The van der Waals surface area contributed by atoms with Crippen molar-refractivity contribution in [3.63, 3.8) is 0 Å². The predicted octanol–water partition coefficient (Wildman–Crippen LogP) is 2.91. The summed E-state index contributed by atoms with van der Waals surface area (Å²) in [5.41, 5.74) is 7.37. The number of hydrogen-bond donors (Lipinski definition) is 2. The van der Waals surface area contributed by atoms with Crippen LogP contribution >= 0.6 is 11.6 Å². The van der Waals surface area contributed by atoms with E-state index in [0.717, 1.165) is 5.56 Å². The molecular weight excluding hydrogens is 296 g/mol. The van der Waals surface area contributed by atoms with Crippen molar-refractivity contribution in [2.24, 2.45) is 0 Å². The van der Waals surface area contributed by atoms with Crippen LogP contribution in [0.25, 0.3) is 0 Å². The van der Waals surface area contributed by atoms with Crippen LogP contribution in [0.15, 0.2) is 48.5 Å². The Kier molecular flexibility index (Phi) is 4.52.